The largest absolute Gasteiger partial charge is 0.480 e. The Hall–Kier alpha value is -1.79. The van der Waals surface area contributed by atoms with Crippen LogP contribution in [0.1, 0.15) is 19.5 Å². The highest BCUT2D eigenvalue weighted by Gasteiger charge is 2.32. The molecule has 2 rings (SSSR count). The van der Waals surface area contributed by atoms with Crippen molar-refractivity contribution in [1.82, 2.24) is 14.9 Å². The molecule has 20 heavy (non-hydrogen) atoms. The zero-order valence-electron chi connectivity index (χ0n) is 11.7. The summed E-state index contributed by atoms with van der Waals surface area (Å²) in [7, 11) is 1.79. The molecule has 106 valence electrons. The highest BCUT2D eigenvalue weighted by molar-refractivity contribution is 7.13. The van der Waals surface area contributed by atoms with E-state index in [1.807, 2.05) is 23.6 Å². The fourth-order valence-electron chi connectivity index (χ4n) is 1.59. The van der Waals surface area contributed by atoms with E-state index in [1.165, 1.54) is 11.3 Å². The molecule has 0 amide bonds. The average Bonchev–Trinajstić information content (AvgIpc) is 2.88. The van der Waals surface area contributed by atoms with E-state index < -0.39 is 11.5 Å². The number of nitrogens with zero attached hydrogens (tertiary/aromatic N) is 3. The number of hydrogen-bond acceptors (Lipinski definition) is 5. The lowest BCUT2D eigenvalue weighted by Crippen LogP contribution is -2.47. The first-order chi connectivity index (χ1) is 9.41. The molecule has 0 bridgehead atoms. The van der Waals surface area contributed by atoms with Gasteiger partial charge in [-0.25, -0.2) is 4.98 Å². The van der Waals surface area contributed by atoms with Crippen LogP contribution < -0.4 is 0 Å². The molecular weight excluding hydrogens is 274 g/mol. The number of carbonyl (C=O) groups is 1. The maximum Gasteiger partial charge on any atom is 0.323 e. The van der Waals surface area contributed by atoms with Crippen LogP contribution in [0, 0.1) is 0 Å². The van der Waals surface area contributed by atoms with Crippen molar-refractivity contribution in [3.05, 3.63) is 35.5 Å². The van der Waals surface area contributed by atoms with Gasteiger partial charge in [0.2, 0.25) is 0 Å². The van der Waals surface area contributed by atoms with Gasteiger partial charge in [-0.3, -0.25) is 14.7 Å². The van der Waals surface area contributed by atoms with E-state index in [9.17, 15) is 9.90 Å². The Morgan fingerprint density at radius 1 is 1.45 bits per heavy atom. The summed E-state index contributed by atoms with van der Waals surface area (Å²) in [6, 6.07) is 5.69. The van der Waals surface area contributed by atoms with Crippen molar-refractivity contribution in [2.24, 2.45) is 0 Å². The second-order valence-corrected chi connectivity index (χ2v) is 5.94. The molecule has 0 saturated heterocycles. The van der Waals surface area contributed by atoms with Crippen molar-refractivity contribution < 1.29 is 9.90 Å². The standard InChI is InChI=1S/C14H17N3O2S/c1-14(2,13(18)19)17(3)8-10-9-20-12(16-10)11-6-4-5-7-15-11/h4-7,9H,8H2,1-3H3,(H,18,19). The maximum atomic E-state index is 11.2. The lowest BCUT2D eigenvalue weighted by Gasteiger charge is -2.30. The van der Waals surface area contributed by atoms with E-state index in [1.54, 1.807) is 32.0 Å². The van der Waals surface area contributed by atoms with Gasteiger partial charge in [0.15, 0.2) is 0 Å². The first-order valence-electron chi connectivity index (χ1n) is 6.21. The third kappa shape index (κ3) is 3.02. The quantitative estimate of drug-likeness (QED) is 0.917. The van der Waals surface area contributed by atoms with Gasteiger partial charge in [-0.15, -0.1) is 11.3 Å². The van der Waals surface area contributed by atoms with Crippen molar-refractivity contribution in [1.29, 1.82) is 0 Å². The average molecular weight is 291 g/mol. The monoisotopic (exact) mass is 291 g/mol. The van der Waals surface area contributed by atoms with Crippen LogP contribution in [0.5, 0.6) is 0 Å². The van der Waals surface area contributed by atoms with Crippen molar-refractivity contribution in [3.8, 4) is 10.7 Å². The van der Waals surface area contributed by atoms with E-state index in [2.05, 4.69) is 9.97 Å². The molecule has 0 aliphatic carbocycles. The fourth-order valence-corrected chi connectivity index (χ4v) is 2.38. The minimum absolute atomic E-state index is 0.489. The molecule has 0 unspecified atom stereocenters. The van der Waals surface area contributed by atoms with Gasteiger partial charge in [-0.1, -0.05) is 6.07 Å². The van der Waals surface area contributed by atoms with E-state index in [4.69, 9.17) is 0 Å². The summed E-state index contributed by atoms with van der Waals surface area (Å²) in [5, 5.41) is 12.0. The molecule has 0 atom stereocenters. The number of aromatic nitrogens is 2. The molecule has 1 N–H and O–H groups in total. The van der Waals surface area contributed by atoms with Crippen LogP contribution in [-0.4, -0.2) is 38.5 Å². The molecule has 2 aromatic rings. The van der Waals surface area contributed by atoms with Gasteiger partial charge in [0, 0.05) is 18.1 Å². The molecule has 2 heterocycles. The zero-order valence-corrected chi connectivity index (χ0v) is 12.5. The first-order valence-corrected chi connectivity index (χ1v) is 7.09. The van der Waals surface area contributed by atoms with E-state index in [-0.39, 0.29) is 0 Å². The molecule has 2 aromatic heterocycles. The third-order valence-corrected chi connectivity index (χ3v) is 4.23. The van der Waals surface area contributed by atoms with Crippen LogP contribution in [-0.2, 0) is 11.3 Å². The van der Waals surface area contributed by atoms with Gasteiger partial charge in [0.1, 0.15) is 10.5 Å². The predicted molar refractivity (Wildman–Crippen MR) is 78.5 cm³/mol. The van der Waals surface area contributed by atoms with Crippen LogP contribution in [0.3, 0.4) is 0 Å². The van der Waals surface area contributed by atoms with Gasteiger partial charge in [-0.05, 0) is 33.0 Å². The van der Waals surface area contributed by atoms with Gasteiger partial charge < -0.3 is 5.11 Å². The summed E-state index contributed by atoms with van der Waals surface area (Å²) in [5.41, 5.74) is 0.769. The zero-order chi connectivity index (χ0) is 14.8. The summed E-state index contributed by atoms with van der Waals surface area (Å²) in [5.74, 6) is -0.847. The highest BCUT2D eigenvalue weighted by Crippen LogP contribution is 2.23. The molecule has 5 nitrogen and oxygen atoms in total. The van der Waals surface area contributed by atoms with Crippen molar-refractivity contribution in [2.45, 2.75) is 25.9 Å². The van der Waals surface area contributed by atoms with Gasteiger partial charge >= 0.3 is 5.97 Å². The van der Waals surface area contributed by atoms with Gasteiger partial charge in [0.25, 0.3) is 0 Å². The Bertz CT molecular complexity index is 595. The van der Waals surface area contributed by atoms with Crippen LogP contribution in [0.25, 0.3) is 10.7 Å². The first kappa shape index (κ1) is 14.6. The van der Waals surface area contributed by atoms with Gasteiger partial charge in [-0.2, -0.15) is 0 Å². The van der Waals surface area contributed by atoms with Crippen LogP contribution in [0.2, 0.25) is 0 Å². The summed E-state index contributed by atoms with van der Waals surface area (Å²) in [6.07, 6.45) is 1.73. The maximum absolute atomic E-state index is 11.2. The molecule has 0 spiro atoms. The van der Waals surface area contributed by atoms with E-state index >= 15 is 0 Å². The molecule has 0 radical (unpaired) electrons. The Kier molecular flexibility index (Phi) is 4.15. The van der Waals surface area contributed by atoms with Crippen molar-refractivity contribution in [2.75, 3.05) is 7.05 Å². The number of pyridine rings is 1. The predicted octanol–water partition coefficient (Wildman–Crippen LogP) is 2.50. The second-order valence-electron chi connectivity index (χ2n) is 5.08. The number of hydrogen-bond donors (Lipinski definition) is 1. The lowest BCUT2D eigenvalue weighted by molar-refractivity contribution is -0.148. The number of likely N-dealkylation sites (N-methyl/N-ethyl adjacent to an activating group) is 1. The molecule has 0 aliphatic rings. The molecule has 0 fully saturated rings. The number of rotatable bonds is 5. The topological polar surface area (TPSA) is 66.3 Å². The molecule has 0 saturated carbocycles. The minimum atomic E-state index is -0.922. The smallest absolute Gasteiger partial charge is 0.323 e. The molecule has 6 heteroatoms. The number of aliphatic carboxylic acids is 1. The normalized spacial score (nSPS) is 11.8. The Balaban J connectivity index is 2.13. The Morgan fingerprint density at radius 2 is 2.20 bits per heavy atom. The van der Waals surface area contributed by atoms with Crippen molar-refractivity contribution in [3.63, 3.8) is 0 Å². The molecule has 0 aromatic carbocycles. The van der Waals surface area contributed by atoms with Crippen LogP contribution >= 0.6 is 11.3 Å². The second kappa shape index (κ2) is 5.68. The highest BCUT2D eigenvalue weighted by atomic mass is 32.1. The third-order valence-electron chi connectivity index (χ3n) is 3.31. The summed E-state index contributed by atoms with van der Waals surface area (Å²) in [6.45, 7) is 3.85. The van der Waals surface area contributed by atoms with Crippen LogP contribution in [0.4, 0.5) is 0 Å². The number of carboxylic acids is 1. The Morgan fingerprint density at radius 3 is 2.80 bits per heavy atom. The summed E-state index contributed by atoms with van der Waals surface area (Å²) in [4.78, 5) is 21.8. The van der Waals surface area contributed by atoms with Crippen molar-refractivity contribution >= 4 is 17.3 Å². The summed E-state index contributed by atoms with van der Waals surface area (Å²) >= 11 is 1.52. The number of carboxylic acid groups (broad SMARTS) is 1. The lowest BCUT2D eigenvalue weighted by atomic mass is 10.0. The van der Waals surface area contributed by atoms with E-state index in [0.717, 1.165) is 16.4 Å². The minimum Gasteiger partial charge on any atom is -0.480 e. The Labute approximate surface area is 121 Å². The van der Waals surface area contributed by atoms with Crippen LogP contribution in [0.15, 0.2) is 29.8 Å². The van der Waals surface area contributed by atoms with Gasteiger partial charge in [0.05, 0.1) is 11.4 Å². The SMILES string of the molecule is CN(Cc1csc(-c2ccccn2)n1)C(C)(C)C(=O)O. The molecule has 0 aliphatic heterocycles. The van der Waals surface area contributed by atoms with E-state index in [0.29, 0.717) is 6.54 Å². The number of thiazole rings is 1. The molecular formula is C14H17N3O2S. The summed E-state index contributed by atoms with van der Waals surface area (Å²) < 4.78 is 0. The fraction of sp³-hybridized carbons (Fsp3) is 0.357.